The molecule has 1 aromatic rings. The lowest BCUT2D eigenvalue weighted by atomic mass is 9.74. The molecule has 3 nitrogen and oxygen atoms in total. The lowest BCUT2D eigenvalue weighted by Crippen LogP contribution is -2.90. The summed E-state index contributed by atoms with van der Waals surface area (Å²) in [5.74, 6) is 0.728. The van der Waals surface area contributed by atoms with E-state index in [1.54, 1.807) is 0 Å². The van der Waals surface area contributed by atoms with Gasteiger partial charge in [0.05, 0.1) is 13.1 Å². The molecule has 1 aromatic carbocycles. The van der Waals surface area contributed by atoms with Crippen molar-refractivity contribution in [2.75, 3.05) is 13.1 Å². The van der Waals surface area contributed by atoms with E-state index < -0.39 is 0 Å². The number of esters is 1. The van der Waals surface area contributed by atoms with Crippen LogP contribution in [-0.2, 0) is 11.2 Å². The molecule has 0 aromatic heterocycles. The van der Waals surface area contributed by atoms with Crippen LogP contribution in [0.5, 0.6) is 5.75 Å². The largest absolute Gasteiger partial charge is 0.426 e. The number of para-hydroxylation sites is 1. The molecule has 2 heterocycles. The van der Waals surface area contributed by atoms with Gasteiger partial charge in [-0.05, 0) is 30.9 Å². The SMILES string of the molecule is O=C1Oc2ccccc2CC12CCC[NH2+]C2. The molecule has 2 aliphatic rings. The summed E-state index contributed by atoms with van der Waals surface area (Å²) in [6.07, 6.45) is 2.92. The van der Waals surface area contributed by atoms with Gasteiger partial charge in [0.15, 0.2) is 0 Å². The second-order valence-electron chi connectivity index (χ2n) is 4.84. The fourth-order valence-corrected chi connectivity index (χ4v) is 2.81. The number of ether oxygens (including phenoxy) is 1. The molecule has 2 N–H and O–H groups in total. The van der Waals surface area contributed by atoms with Crippen LogP contribution in [0.2, 0.25) is 0 Å². The van der Waals surface area contributed by atoms with Crippen LogP contribution in [0.4, 0.5) is 0 Å². The van der Waals surface area contributed by atoms with Gasteiger partial charge in [-0.2, -0.15) is 0 Å². The predicted molar refractivity (Wildman–Crippen MR) is 59.1 cm³/mol. The molecule has 0 amide bonds. The first-order chi connectivity index (χ1) is 7.80. The highest BCUT2D eigenvalue weighted by Crippen LogP contribution is 2.38. The van der Waals surface area contributed by atoms with Crippen molar-refractivity contribution in [3.05, 3.63) is 29.8 Å². The summed E-state index contributed by atoms with van der Waals surface area (Å²) in [6.45, 7) is 2.01. The van der Waals surface area contributed by atoms with Crippen LogP contribution in [0.15, 0.2) is 24.3 Å². The summed E-state index contributed by atoms with van der Waals surface area (Å²) in [4.78, 5) is 12.1. The van der Waals surface area contributed by atoms with Gasteiger partial charge in [-0.25, -0.2) is 0 Å². The zero-order valence-corrected chi connectivity index (χ0v) is 9.24. The first-order valence-electron chi connectivity index (χ1n) is 5.92. The van der Waals surface area contributed by atoms with Crippen LogP contribution in [0.1, 0.15) is 18.4 Å². The third-order valence-corrected chi connectivity index (χ3v) is 3.74. The zero-order valence-electron chi connectivity index (χ0n) is 9.24. The molecule has 0 radical (unpaired) electrons. The van der Waals surface area contributed by atoms with Gasteiger partial charge < -0.3 is 10.1 Å². The highest BCUT2D eigenvalue weighted by molar-refractivity contribution is 5.82. The topological polar surface area (TPSA) is 42.9 Å². The Morgan fingerprint density at radius 2 is 2.19 bits per heavy atom. The van der Waals surface area contributed by atoms with E-state index in [2.05, 4.69) is 11.4 Å². The van der Waals surface area contributed by atoms with E-state index in [-0.39, 0.29) is 11.4 Å². The van der Waals surface area contributed by atoms with E-state index in [0.717, 1.165) is 38.1 Å². The fourth-order valence-electron chi connectivity index (χ4n) is 2.81. The summed E-state index contributed by atoms with van der Waals surface area (Å²) in [5.41, 5.74) is 0.921. The molecular weight excluding hydrogens is 202 g/mol. The summed E-state index contributed by atoms with van der Waals surface area (Å²) < 4.78 is 5.47. The van der Waals surface area contributed by atoms with Gasteiger partial charge in [0.2, 0.25) is 0 Å². The molecular formula is C13H16NO2+. The number of hydrogen-bond donors (Lipinski definition) is 1. The Morgan fingerprint density at radius 3 is 3.00 bits per heavy atom. The molecule has 84 valence electrons. The van der Waals surface area contributed by atoms with Gasteiger partial charge in [0.25, 0.3) is 0 Å². The van der Waals surface area contributed by atoms with Crippen molar-refractivity contribution < 1.29 is 14.8 Å². The summed E-state index contributed by atoms with van der Waals surface area (Å²) in [6, 6.07) is 7.88. The maximum Gasteiger partial charge on any atom is 0.323 e. The first-order valence-corrected chi connectivity index (χ1v) is 5.92. The number of nitrogens with two attached hydrogens (primary N) is 1. The molecule has 3 rings (SSSR count). The molecule has 1 fully saturated rings. The van der Waals surface area contributed by atoms with Crippen LogP contribution < -0.4 is 10.1 Å². The van der Waals surface area contributed by atoms with Gasteiger partial charge in [-0.15, -0.1) is 0 Å². The van der Waals surface area contributed by atoms with Crippen molar-refractivity contribution in [2.45, 2.75) is 19.3 Å². The number of carbonyl (C=O) groups excluding carboxylic acids is 1. The van der Waals surface area contributed by atoms with Crippen LogP contribution in [0.3, 0.4) is 0 Å². The van der Waals surface area contributed by atoms with Gasteiger partial charge in [-0.3, -0.25) is 4.79 Å². The van der Waals surface area contributed by atoms with Crippen LogP contribution in [-0.4, -0.2) is 19.1 Å². The summed E-state index contributed by atoms with van der Waals surface area (Å²) >= 11 is 0. The minimum absolute atomic E-state index is 0.0258. The van der Waals surface area contributed by atoms with Gasteiger partial charge in [-0.1, -0.05) is 18.2 Å². The van der Waals surface area contributed by atoms with Gasteiger partial charge in [0.1, 0.15) is 11.2 Å². The molecule has 1 unspecified atom stereocenters. The molecule has 1 spiro atoms. The number of benzene rings is 1. The average molecular weight is 218 g/mol. The number of fused-ring (bicyclic) bond motifs is 1. The lowest BCUT2D eigenvalue weighted by Gasteiger charge is -2.36. The monoisotopic (exact) mass is 218 g/mol. The Bertz CT molecular complexity index is 422. The van der Waals surface area contributed by atoms with Crippen molar-refractivity contribution >= 4 is 5.97 Å². The Kier molecular flexibility index (Phi) is 2.21. The third kappa shape index (κ3) is 1.43. The highest BCUT2D eigenvalue weighted by atomic mass is 16.5. The minimum atomic E-state index is -0.257. The number of quaternary nitrogens is 1. The molecule has 2 aliphatic heterocycles. The van der Waals surface area contributed by atoms with Crippen molar-refractivity contribution in [1.29, 1.82) is 0 Å². The molecule has 1 atom stereocenters. The molecule has 3 heteroatoms. The molecule has 16 heavy (non-hydrogen) atoms. The third-order valence-electron chi connectivity index (χ3n) is 3.74. The van der Waals surface area contributed by atoms with Crippen LogP contribution in [0, 0.1) is 5.41 Å². The zero-order chi connectivity index (χ0) is 11.0. The highest BCUT2D eigenvalue weighted by Gasteiger charge is 2.47. The summed E-state index contributed by atoms with van der Waals surface area (Å²) in [7, 11) is 0. The van der Waals surface area contributed by atoms with E-state index in [0.29, 0.717) is 0 Å². The Hall–Kier alpha value is -1.35. The first kappa shape index (κ1) is 9.85. The Balaban J connectivity index is 1.97. The standard InChI is InChI=1S/C13H15NO2/c15-12-13(6-3-7-14-9-13)8-10-4-1-2-5-11(10)16-12/h1-2,4-5,14H,3,6-9H2/p+1. The molecule has 0 aliphatic carbocycles. The number of hydrogen-bond acceptors (Lipinski definition) is 2. The quantitative estimate of drug-likeness (QED) is 0.509. The van der Waals surface area contributed by atoms with Crippen molar-refractivity contribution in [3.8, 4) is 5.75 Å². The minimum Gasteiger partial charge on any atom is -0.426 e. The predicted octanol–water partition coefficient (Wildman–Crippen LogP) is 0.492. The van der Waals surface area contributed by atoms with Gasteiger partial charge in [0, 0.05) is 0 Å². The second-order valence-corrected chi connectivity index (χ2v) is 4.84. The number of rotatable bonds is 0. The number of carbonyl (C=O) groups is 1. The lowest BCUT2D eigenvalue weighted by molar-refractivity contribution is -0.673. The van der Waals surface area contributed by atoms with E-state index in [4.69, 9.17) is 4.74 Å². The summed E-state index contributed by atoms with van der Waals surface area (Å²) in [5, 5.41) is 2.23. The van der Waals surface area contributed by atoms with E-state index in [1.165, 1.54) is 5.56 Å². The number of piperidine rings is 1. The van der Waals surface area contributed by atoms with Crippen molar-refractivity contribution in [1.82, 2.24) is 0 Å². The van der Waals surface area contributed by atoms with Gasteiger partial charge >= 0.3 is 5.97 Å². The van der Waals surface area contributed by atoms with E-state index >= 15 is 0 Å². The molecule has 1 saturated heterocycles. The Morgan fingerprint density at radius 1 is 1.31 bits per heavy atom. The van der Waals surface area contributed by atoms with Crippen molar-refractivity contribution in [2.24, 2.45) is 5.41 Å². The molecule has 0 bridgehead atoms. The second kappa shape index (κ2) is 3.59. The van der Waals surface area contributed by atoms with E-state index in [1.807, 2.05) is 18.2 Å². The Labute approximate surface area is 94.8 Å². The van der Waals surface area contributed by atoms with Crippen LogP contribution >= 0.6 is 0 Å². The van der Waals surface area contributed by atoms with Crippen LogP contribution in [0.25, 0.3) is 0 Å². The van der Waals surface area contributed by atoms with Crippen molar-refractivity contribution in [3.63, 3.8) is 0 Å². The molecule has 0 saturated carbocycles. The maximum atomic E-state index is 12.1. The normalized spacial score (nSPS) is 28.6. The maximum absolute atomic E-state index is 12.1. The van der Waals surface area contributed by atoms with E-state index in [9.17, 15) is 4.79 Å². The fraction of sp³-hybridized carbons (Fsp3) is 0.462. The average Bonchev–Trinajstić information content (AvgIpc) is 2.32. The smallest absolute Gasteiger partial charge is 0.323 e.